The summed E-state index contributed by atoms with van der Waals surface area (Å²) in [6, 6.07) is 8.46. The van der Waals surface area contributed by atoms with Gasteiger partial charge in [-0.15, -0.1) is 12.4 Å². The normalized spacial score (nSPS) is 12.4. The van der Waals surface area contributed by atoms with E-state index in [1.807, 2.05) is 14.0 Å². The van der Waals surface area contributed by atoms with Crippen molar-refractivity contribution >= 4 is 18.3 Å². The average Bonchev–Trinajstić information content (AvgIpc) is 2.36. The lowest BCUT2D eigenvalue weighted by atomic mass is 9.84. The van der Waals surface area contributed by atoms with Crippen molar-refractivity contribution in [2.75, 3.05) is 20.1 Å². The van der Waals surface area contributed by atoms with Gasteiger partial charge in [0, 0.05) is 24.4 Å². The van der Waals surface area contributed by atoms with E-state index in [0.29, 0.717) is 13.1 Å². The molecular formula is C16H27ClN2O. The van der Waals surface area contributed by atoms with E-state index in [0.717, 1.165) is 0 Å². The summed E-state index contributed by atoms with van der Waals surface area (Å²) in [7, 11) is 1.86. The van der Waals surface area contributed by atoms with Crippen LogP contribution in [0.25, 0.3) is 0 Å². The lowest BCUT2D eigenvalue weighted by molar-refractivity contribution is -0.124. The van der Waals surface area contributed by atoms with E-state index in [2.05, 4.69) is 55.7 Å². The van der Waals surface area contributed by atoms with Crippen LogP contribution in [-0.4, -0.2) is 26.0 Å². The van der Waals surface area contributed by atoms with Crippen LogP contribution in [0.5, 0.6) is 0 Å². The molecule has 0 heterocycles. The third-order valence-corrected chi connectivity index (χ3v) is 3.46. The molecule has 0 aliphatic rings. The fourth-order valence-corrected chi connectivity index (χ4v) is 2.05. The maximum absolute atomic E-state index is 11.9. The Bertz CT molecular complexity index is 432. The van der Waals surface area contributed by atoms with Gasteiger partial charge in [-0.25, -0.2) is 0 Å². The Kier molecular flexibility index (Phi) is 7.84. The Balaban J connectivity index is 0.00000361. The van der Waals surface area contributed by atoms with Crippen LogP contribution in [-0.2, 0) is 10.2 Å². The molecule has 20 heavy (non-hydrogen) atoms. The summed E-state index contributed by atoms with van der Waals surface area (Å²) in [5, 5.41) is 6.07. The molecule has 1 aromatic carbocycles. The molecule has 0 saturated carbocycles. The molecule has 1 atom stereocenters. The number of hydrogen-bond acceptors (Lipinski definition) is 2. The zero-order chi connectivity index (χ0) is 14.5. The van der Waals surface area contributed by atoms with Gasteiger partial charge in [0.05, 0.1) is 0 Å². The van der Waals surface area contributed by atoms with E-state index >= 15 is 0 Å². The summed E-state index contributed by atoms with van der Waals surface area (Å²) in [5.41, 5.74) is 2.45. The van der Waals surface area contributed by atoms with Crippen molar-refractivity contribution < 1.29 is 4.79 Å². The lowest BCUT2D eigenvalue weighted by Gasteiger charge is -2.27. The largest absolute Gasteiger partial charge is 0.355 e. The smallest absolute Gasteiger partial charge is 0.224 e. The Morgan fingerprint density at radius 3 is 2.55 bits per heavy atom. The number of amides is 1. The highest BCUT2D eigenvalue weighted by molar-refractivity contribution is 5.85. The summed E-state index contributed by atoms with van der Waals surface area (Å²) in [5.74, 6) is 0.105. The fraction of sp³-hybridized carbons (Fsp3) is 0.562. The minimum absolute atomic E-state index is 0. The van der Waals surface area contributed by atoms with Gasteiger partial charge in [-0.1, -0.05) is 50.6 Å². The van der Waals surface area contributed by atoms with Gasteiger partial charge in [0.25, 0.3) is 0 Å². The number of halogens is 1. The highest BCUT2D eigenvalue weighted by Crippen LogP contribution is 2.23. The molecule has 0 spiro atoms. The quantitative estimate of drug-likeness (QED) is 0.848. The minimum atomic E-state index is -0.0545. The second-order valence-electron chi connectivity index (χ2n) is 5.93. The maximum Gasteiger partial charge on any atom is 0.224 e. The molecule has 0 radical (unpaired) electrons. The Labute approximate surface area is 128 Å². The molecule has 0 aliphatic heterocycles. The number of carbonyl (C=O) groups excluding carboxylic acids is 1. The first kappa shape index (κ1) is 18.9. The number of nitrogens with one attached hydrogen (secondary N) is 2. The van der Waals surface area contributed by atoms with Gasteiger partial charge in [0.1, 0.15) is 0 Å². The molecule has 0 aromatic heterocycles. The first-order valence-corrected chi connectivity index (χ1v) is 6.86. The molecular weight excluding hydrogens is 272 g/mol. The van der Waals surface area contributed by atoms with E-state index < -0.39 is 0 Å². The second kappa shape index (κ2) is 8.28. The van der Waals surface area contributed by atoms with Crippen LogP contribution < -0.4 is 10.6 Å². The third kappa shape index (κ3) is 5.51. The summed E-state index contributed by atoms with van der Waals surface area (Å²) in [6.45, 7) is 9.70. The van der Waals surface area contributed by atoms with E-state index in [-0.39, 0.29) is 29.6 Å². The molecule has 1 aromatic rings. The van der Waals surface area contributed by atoms with Crippen LogP contribution in [0.3, 0.4) is 0 Å². The standard InChI is InChI=1S/C16H26N2O.ClH/c1-12-7-6-8-14(9-12)16(3,4)11-18-15(19)13(2)10-17-5;/h6-9,13,17H,10-11H2,1-5H3,(H,18,19);1H. The Morgan fingerprint density at radius 2 is 2.00 bits per heavy atom. The summed E-state index contributed by atoms with van der Waals surface area (Å²) >= 11 is 0. The van der Waals surface area contributed by atoms with Crippen molar-refractivity contribution in [2.45, 2.75) is 33.1 Å². The first-order valence-electron chi connectivity index (χ1n) is 6.86. The highest BCUT2D eigenvalue weighted by atomic mass is 35.5. The predicted octanol–water partition coefficient (Wildman–Crippen LogP) is 2.67. The topological polar surface area (TPSA) is 41.1 Å². The van der Waals surface area contributed by atoms with Crippen molar-refractivity contribution in [2.24, 2.45) is 5.92 Å². The van der Waals surface area contributed by atoms with Crippen LogP contribution in [0.1, 0.15) is 31.9 Å². The van der Waals surface area contributed by atoms with Gasteiger partial charge in [-0.05, 0) is 19.5 Å². The van der Waals surface area contributed by atoms with Crippen LogP contribution in [0.4, 0.5) is 0 Å². The van der Waals surface area contributed by atoms with Gasteiger partial charge in [-0.2, -0.15) is 0 Å². The van der Waals surface area contributed by atoms with E-state index in [9.17, 15) is 4.79 Å². The minimum Gasteiger partial charge on any atom is -0.355 e. The number of hydrogen-bond donors (Lipinski definition) is 2. The third-order valence-electron chi connectivity index (χ3n) is 3.46. The SMILES string of the molecule is CNCC(C)C(=O)NCC(C)(C)c1cccc(C)c1.Cl. The van der Waals surface area contributed by atoms with Gasteiger partial charge >= 0.3 is 0 Å². The van der Waals surface area contributed by atoms with Crippen molar-refractivity contribution in [1.29, 1.82) is 0 Å². The van der Waals surface area contributed by atoms with Gasteiger partial charge in [0.2, 0.25) is 5.91 Å². The number of rotatable bonds is 6. The van der Waals surface area contributed by atoms with Gasteiger partial charge in [0.15, 0.2) is 0 Å². The van der Waals surface area contributed by atoms with Crippen LogP contribution >= 0.6 is 12.4 Å². The summed E-state index contributed by atoms with van der Waals surface area (Å²) < 4.78 is 0. The molecule has 3 nitrogen and oxygen atoms in total. The van der Waals surface area contributed by atoms with Gasteiger partial charge in [-0.3, -0.25) is 4.79 Å². The molecule has 1 unspecified atom stereocenters. The maximum atomic E-state index is 11.9. The van der Waals surface area contributed by atoms with Crippen molar-refractivity contribution in [3.63, 3.8) is 0 Å². The van der Waals surface area contributed by atoms with Crippen molar-refractivity contribution in [3.05, 3.63) is 35.4 Å². The average molecular weight is 299 g/mol. The molecule has 0 bridgehead atoms. The van der Waals surface area contributed by atoms with Crippen LogP contribution in [0.2, 0.25) is 0 Å². The number of aryl methyl sites for hydroxylation is 1. The van der Waals surface area contributed by atoms with E-state index in [1.165, 1.54) is 11.1 Å². The number of carbonyl (C=O) groups is 1. The van der Waals surface area contributed by atoms with Crippen molar-refractivity contribution in [1.82, 2.24) is 10.6 Å². The fourth-order valence-electron chi connectivity index (χ4n) is 2.05. The van der Waals surface area contributed by atoms with E-state index in [4.69, 9.17) is 0 Å². The van der Waals surface area contributed by atoms with Crippen LogP contribution in [0, 0.1) is 12.8 Å². The highest BCUT2D eigenvalue weighted by Gasteiger charge is 2.22. The zero-order valence-corrected chi connectivity index (χ0v) is 13.9. The van der Waals surface area contributed by atoms with Crippen molar-refractivity contribution in [3.8, 4) is 0 Å². The Morgan fingerprint density at radius 1 is 1.35 bits per heavy atom. The molecule has 114 valence electrons. The van der Waals surface area contributed by atoms with Gasteiger partial charge < -0.3 is 10.6 Å². The first-order chi connectivity index (χ1) is 8.86. The summed E-state index contributed by atoms with van der Waals surface area (Å²) in [6.07, 6.45) is 0. The molecule has 0 saturated heterocycles. The molecule has 1 amide bonds. The molecule has 1 rings (SSSR count). The van der Waals surface area contributed by atoms with Crippen LogP contribution in [0.15, 0.2) is 24.3 Å². The summed E-state index contributed by atoms with van der Waals surface area (Å²) in [4.78, 5) is 11.9. The van der Waals surface area contributed by atoms with E-state index in [1.54, 1.807) is 0 Å². The monoisotopic (exact) mass is 298 g/mol. The zero-order valence-electron chi connectivity index (χ0n) is 13.1. The number of benzene rings is 1. The Hall–Kier alpha value is -1.06. The lowest BCUT2D eigenvalue weighted by Crippen LogP contribution is -2.41. The molecule has 2 N–H and O–H groups in total. The predicted molar refractivity (Wildman–Crippen MR) is 87.6 cm³/mol. The molecule has 0 fully saturated rings. The second-order valence-corrected chi connectivity index (χ2v) is 5.93. The molecule has 0 aliphatic carbocycles. The molecule has 4 heteroatoms.